The van der Waals surface area contributed by atoms with Crippen LogP contribution in [0, 0.1) is 0 Å². The Morgan fingerprint density at radius 1 is 1.19 bits per heavy atom. The Morgan fingerprint density at radius 2 is 1.75 bits per heavy atom. The van der Waals surface area contributed by atoms with Gasteiger partial charge in [-0.2, -0.15) is 0 Å². The van der Waals surface area contributed by atoms with Gasteiger partial charge in [0.05, 0.1) is 0 Å². The molecule has 2 unspecified atom stereocenters. The fraction of sp³-hybridized carbons (Fsp3) is 0.727. The molecule has 0 saturated heterocycles. The molecule has 0 fully saturated rings. The van der Waals surface area contributed by atoms with Crippen molar-refractivity contribution in [2.24, 2.45) is 0 Å². The van der Waals surface area contributed by atoms with Crippen LogP contribution in [0.2, 0.25) is 0 Å². The zero-order valence-corrected chi connectivity index (χ0v) is 13.0. The Labute approximate surface area is 112 Å². The normalized spacial score (nSPS) is 14.2. The van der Waals surface area contributed by atoms with Crippen LogP contribution < -0.4 is 0 Å². The van der Waals surface area contributed by atoms with E-state index in [-0.39, 0.29) is 15.4 Å². The summed E-state index contributed by atoms with van der Waals surface area (Å²) in [5.41, 5.74) is 0. The zero-order chi connectivity index (χ0) is 12.8. The van der Waals surface area contributed by atoms with E-state index in [2.05, 4.69) is 9.24 Å². The highest BCUT2D eigenvalue weighted by atomic mass is 127. The first-order valence-corrected chi connectivity index (χ1v) is 6.91. The third-order valence-corrected chi connectivity index (χ3v) is 3.79. The van der Waals surface area contributed by atoms with Gasteiger partial charge < -0.3 is 0 Å². The minimum absolute atomic E-state index is 0.0766. The van der Waals surface area contributed by atoms with Crippen molar-refractivity contribution in [3.8, 4) is 0 Å². The van der Waals surface area contributed by atoms with E-state index in [1.54, 1.807) is 22.6 Å². The summed E-state index contributed by atoms with van der Waals surface area (Å²) >= 11 is 1.73. The van der Waals surface area contributed by atoms with Crippen LogP contribution in [0.4, 0.5) is 0 Å². The summed E-state index contributed by atoms with van der Waals surface area (Å²) in [4.78, 5) is 33.3. The van der Waals surface area contributed by atoms with E-state index in [0.29, 0.717) is 32.1 Å². The molecule has 0 saturated carbocycles. The van der Waals surface area contributed by atoms with Crippen molar-refractivity contribution in [2.75, 3.05) is 0 Å². The van der Waals surface area contributed by atoms with Crippen LogP contribution in [0.25, 0.3) is 0 Å². The minimum atomic E-state index is -0.491. The Balaban J connectivity index is 3.82. The topological polar surface area (TPSA) is 51.2 Å². The lowest BCUT2D eigenvalue weighted by molar-refractivity contribution is -0.120. The van der Waals surface area contributed by atoms with Crippen molar-refractivity contribution in [1.82, 2.24) is 0 Å². The Bertz CT molecular complexity index is 287. The first kappa shape index (κ1) is 16.2. The third kappa shape index (κ3) is 7.44. The molecule has 0 aliphatic rings. The van der Waals surface area contributed by atoms with Crippen molar-refractivity contribution in [3.63, 3.8) is 0 Å². The van der Waals surface area contributed by atoms with Crippen LogP contribution in [0.3, 0.4) is 0 Å². The first-order valence-electron chi connectivity index (χ1n) is 5.25. The molecule has 0 aromatic rings. The molecule has 0 aliphatic carbocycles. The summed E-state index contributed by atoms with van der Waals surface area (Å²) in [6.07, 6.45) is 2.48. The minimum Gasteiger partial charge on any atom is -0.300 e. The van der Waals surface area contributed by atoms with Gasteiger partial charge in [-0.25, -0.2) is 0 Å². The number of hydrogen-bond acceptors (Lipinski definition) is 3. The summed E-state index contributed by atoms with van der Waals surface area (Å²) in [6.45, 7) is 3.36. The average Bonchev–Trinajstić information content (AvgIpc) is 2.14. The molecule has 5 heteroatoms. The lowest BCUT2D eigenvalue weighted by atomic mass is 9.97. The van der Waals surface area contributed by atoms with Gasteiger partial charge in [0.25, 0.3) is 0 Å². The second-order valence-electron chi connectivity index (χ2n) is 4.22. The molecule has 0 spiro atoms. The van der Waals surface area contributed by atoms with E-state index in [4.69, 9.17) is 0 Å². The van der Waals surface area contributed by atoms with Gasteiger partial charge >= 0.3 is 0 Å². The van der Waals surface area contributed by atoms with E-state index in [0.717, 1.165) is 0 Å². The molecule has 0 radical (unpaired) electrons. The Kier molecular flexibility index (Phi) is 7.57. The maximum Gasteiger partial charge on any atom is 0.192 e. The predicted molar refractivity (Wildman–Crippen MR) is 75.9 cm³/mol. The standard InChI is InChI=1S/C11H18IO3P/c1-8(13)11(2,16)7-6-9(14)4-3-5-10(12)15/h3-7,16H2,1-2H3. The second kappa shape index (κ2) is 7.49. The highest BCUT2D eigenvalue weighted by molar-refractivity contribution is 14.1. The number of Topliss-reactive ketones (excluding diaryl/α,β-unsaturated/α-hetero) is 2. The molecule has 92 valence electrons. The summed E-state index contributed by atoms with van der Waals surface area (Å²) in [7, 11) is 2.50. The molecule has 0 aromatic carbocycles. The van der Waals surface area contributed by atoms with Crippen molar-refractivity contribution < 1.29 is 14.4 Å². The number of halogens is 1. The number of hydrogen-bond donors (Lipinski definition) is 0. The highest BCUT2D eigenvalue weighted by Crippen LogP contribution is 2.25. The van der Waals surface area contributed by atoms with E-state index in [9.17, 15) is 14.4 Å². The van der Waals surface area contributed by atoms with Crippen molar-refractivity contribution >= 4 is 47.2 Å². The zero-order valence-electron chi connectivity index (χ0n) is 9.72. The fourth-order valence-electron chi connectivity index (χ4n) is 1.12. The Hall–Kier alpha value is 0.170. The van der Waals surface area contributed by atoms with Crippen molar-refractivity contribution in [1.29, 1.82) is 0 Å². The Morgan fingerprint density at radius 3 is 2.19 bits per heavy atom. The molecule has 0 aromatic heterocycles. The molecule has 0 aliphatic heterocycles. The van der Waals surface area contributed by atoms with Gasteiger partial charge in [-0.1, -0.05) is 0 Å². The van der Waals surface area contributed by atoms with Crippen LogP contribution in [0.1, 0.15) is 46.0 Å². The molecule has 0 bridgehead atoms. The summed E-state index contributed by atoms with van der Waals surface area (Å²) in [5, 5.41) is -0.491. The van der Waals surface area contributed by atoms with E-state index in [1.165, 1.54) is 6.92 Å². The van der Waals surface area contributed by atoms with Gasteiger partial charge in [0, 0.05) is 24.4 Å². The van der Waals surface area contributed by atoms with Crippen LogP contribution in [-0.4, -0.2) is 20.5 Å². The molecule has 0 rings (SSSR count). The summed E-state index contributed by atoms with van der Waals surface area (Å²) in [5.74, 6) is 0.209. The molecular weight excluding hydrogens is 338 g/mol. The largest absolute Gasteiger partial charge is 0.300 e. The summed E-state index contributed by atoms with van der Waals surface area (Å²) < 4.78 is 0.0880. The number of rotatable bonds is 8. The van der Waals surface area contributed by atoms with E-state index in [1.807, 2.05) is 6.92 Å². The molecule has 16 heavy (non-hydrogen) atoms. The lowest BCUT2D eigenvalue weighted by Crippen LogP contribution is -2.26. The van der Waals surface area contributed by atoms with E-state index >= 15 is 0 Å². The van der Waals surface area contributed by atoms with Crippen LogP contribution in [0.5, 0.6) is 0 Å². The number of carbonyl (C=O) groups is 3. The molecule has 2 atom stereocenters. The van der Waals surface area contributed by atoms with Gasteiger partial charge in [0.2, 0.25) is 0 Å². The van der Waals surface area contributed by atoms with E-state index < -0.39 is 5.16 Å². The van der Waals surface area contributed by atoms with Gasteiger partial charge in [0.1, 0.15) is 11.6 Å². The molecule has 0 amide bonds. The number of ketones is 2. The maximum atomic E-state index is 11.5. The van der Waals surface area contributed by atoms with Crippen LogP contribution in [0.15, 0.2) is 0 Å². The molecule has 0 heterocycles. The second-order valence-corrected chi connectivity index (χ2v) is 6.70. The lowest BCUT2D eigenvalue weighted by Gasteiger charge is -2.19. The fourth-order valence-corrected chi connectivity index (χ4v) is 1.65. The third-order valence-electron chi connectivity index (χ3n) is 2.56. The van der Waals surface area contributed by atoms with Crippen molar-refractivity contribution in [3.05, 3.63) is 0 Å². The van der Waals surface area contributed by atoms with Crippen LogP contribution >= 0.6 is 31.8 Å². The van der Waals surface area contributed by atoms with Gasteiger partial charge in [-0.3, -0.25) is 14.4 Å². The van der Waals surface area contributed by atoms with Crippen LogP contribution in [-0.2, 0) is 14.4 Å². The molecular formula is C11H18IO3P. The summed E-state index contributed by atoms with van der Waals surface area (Å²) in [6, 6.07) is 0. The molecule has 3 nitrogen and oxygen atoms in total. The monoisotopic (exact) mass is 356 g/mol. The highest BCUT2D eigenvalue weighted by Gasteiger charge is 2.24. The van der Waals surface area contributed by atoms with Gasteiger partial charge in [0.15, 0.2) is 3.79 Å². The van der Waals surface area contributed by atoms with Crippen molar-refractivity contribution in [2.45, 2.75) is 51.1 Å². The average molecular weight is 356 g/mol. The quantitative estimate of drug-likeness (QED) is 0.382. The molecule has 0 N–H and O–H groups in total. The van der Waals surface area contributed by atoms with Gasteiger partial charge in [-0.05, 0) is 49.3 Å². The number of carbonyl (C=O) groups excluding carboxylic acids is 3. The SMILES string of the molecule is CC(=O)C(C)(P)CCC(=O)CCCC(=O)I. The smallest absolute Gasteiger partial charge is 0.192 e. The predicted octanol–water partition coefficient (Wildman–Crippen LogP) is 2.69. The first-order chi connectivity index (χ1) is 7.25. The maximum absolute atomic E-state index is 11.5. The van der Waals surface area contributed by atoms with Gasteiger partial charge in [-0.15, -0.1) is 9.24 Å².